The van der Waals surface area contributed by atoms with Gasteiger partial charge in [-0.3, -0.25) is 9.20 Å². The highest BCUT2D eigenvalue weighted by Crippen LogP contribution is 2.27. The van der Waals surface area contributed by atoms with E-state index in [1.807, 2.05) is 34.7 Å². The molecule has 0 atom stereocenters. The lowest BCUT2D eigenvalue weighted by molar-refractivity contribution is -0.118. The summed E-state index contributed by atoms with van der Waals surface area (Å²) in [6.07, 6.45) is 4.11. The molecule has 7 heteroatoms. The fourth-order valence-electron chi connectivity index (χ4n) is 2.69. The summed E-state index contributed by atoms with van der Waals surface area (Å²) in [5, 5.41) is 11.8. The lowest BCUT2D eigenvalue weighted by Crippen LogP contribution is -2.27. The van der Waals surface area contributed by atoms with E-state index < -0.39 is 0 Å². The Bertz CT molecular complexity index is 1010. The van der Waals surface area contributed by atoms with Gasteiger partial charge >= 0.3 is 0 Å². The molecule has 0 fully saturated rings. The number of nitrogens with one attached hydrogen (secondary N) is 1. The highest BCUT2D eigenvalue weighted by Gasteiger charge is 2.12. The molecule has 0 aliphatic heterocycles. The van der Waals surface area contributed by atoms with Gasteiger partial charge in [0.15, 0.2) is 5.58 Å². The molecule has 4 aromatic rings. The summed E-state index contributed by atoms with van der Waals surface area (Å²) in [4.78, 5) is 12.1. The van der Waals surface area contributed by atoms with Gasteiger partial charge in [-0.25, -0.2) is 0 Å². The first-order valence-electron chi connectivity index (χ1n) is 7.94. The van der Waals surface area contributed by atoms with Gasteiger partial charge in [-0.05, 0) is 12.0 Å². The van der Waals surface area contributed by atoms with Crippen molar-refractivity contribution in [3.05, 3.63) is 60.6 Å². The quantitative estimate of drug-likeness (QED) is 0.540. The minimum Gasteiger partial charge on any atom is -0.463 e. The van der Waals surface area contributed by atoms with Crippen molar-refractivity contribution in [2.24, 2.45) is 0 Å². The average molecular weight is 352 g/mol. The zero-order chi connectivity index (χ0) is 17.1. The van der Waals surface area contributed by atoms with Crippen LogP contribution in [0.1, 0.15) is 5.56 Å². The van der Waals surface area contributed by atoms with Crippen molar-refractivity contribution in [1.82, 2.24) is 19.9 Å². The average Bonchev–Trinajstić information content (AvgIpc) is 3.22. The molecule has 25 heavy (non-hydrogen) atoms. The number of rotatable bonds is 6. The number of hydrogen-bond acceptors (Lipinski definition) is 5. The van der Waals surface area contributed by atoms with Crippen molar-refractivity contribution in [2.45, 2.75) is 11.4 Å². The lowest BCUT2D eigenvalue weighted by Gasteiger charge is -2.05. The highest BCUT2D eigenvalue weighted by atomic mass is 32.2. The number of aromatic nitrogens is 3. The number of carbonyl (C=O) groups excluding carboxylic acids is 1. The van der Waals surface area contributed by atoms with Gasteiger partial charge in [-0.2, -0.15) is 0 Å². The van der Waals surface area contributed by atoms with E-state index in [-0.39, 0.29) is 5.91 Å². The highest BCUT2D eigenvalue weighted by molar-refractivity contribution is 8.00. The number of nitrogens with zero attached hydrogens (tertiary/aromatic N) is 3. The fraction of sp³-hybridized carbons (Fsp3) is 0.167. The number of furan rings is 1. The first kappa shape index (κ1) is 15.7. The molecule has 0 spiro atoms. The molecule has 1 amide bonds. The SMILES string of the molecule is O=C(CSc1nncn2c1cc1occc12)NCCc1ccccc1. The Morgan fingerprint density at radius 1 is 1.20 bits per heavy atom. The molecule has 0 saturated heterocycles. The molecule has 4 rings (SSSR count). The lowest BCUT2D eigenvalue weighted by atomic mass is 10.1. The van der Waals surface area contributed by atoms with Crippen LogP contribution >= 0.6 is 11.8 Å². The summed E-state index contributed by atoms with van der Waals surface area (Å²) in [7, 11) is 0. The number of benzene rings is 1. The van der Waals surface area contributed by atoms with Crippen LogP contribution in [0.2, 0.25) is 0 Å². The molecular formula is C18H16N4O2S. The molecule has 126 valence electrons. The van der Waals surface area contributed by atoms with E-state index in [0.717, 1.165) is 23.0 Å². The number of thioether (sulfide) groups is 1. The second kappa shape index (κ2) is 6.98. The fourth-order valence-corrected chi connectivity index (χ4v) is 3.47. The van der Waals surface area contributed by atoms with E-state index >= 15 is 0 Å². The van der Waals surface area contributed by atoms with Crippen LogP contribution in [0.25, 0.3) is 16.6 Å². The van der Waals surface area contributed by atoms with Crippen molar-refractivity contribution in [3.8, 4) is 0 Å². The van der Waals surface area contributed by atoms with Crippen LogP contribution in [0.4, 0.5) is 0 Å². The van der Waals surface area contributed by atoms with Crippen molar-refractivity contribution in [1.29, 1.82) is 0 Å². The van der Waals surface area contributed by atoms with Gasteiger partial charge in [0.1, 0.15) is 11.4 Å². The molecule has 0 radical (unpaired) electrons. The Morgan fingerprint density at radius 3 is 2.96 bits per heavy atom. The van der Waals surface area contributed by atoms with E-state index in [9.17, 15) is 4.79 Å². The van der Waals surface area contributed by atoms with Crippen LogP contribution in [0.15, 0.2) is 64.5 Å². The van der Waals surface area contributed by atoms with E-state index in [1.54, 1.807) is 12.6 Å². The van der Waals surface area contributed by atoms with Gasteiger partial charge in [0.25, 0.3) is 0 Å². The number of amides is 1. The van der Waals surface area contributed by atoms with Gasteiger partial charge in [0, 0.05) is 18.7 Å². The largest absolute Gasteiger partial charge is 0.463 e. The van der Waals surface area contributed by atoms with Crippen molar-refractivity contribution >= 4 is 34.3 Å². The summed E-state index contributed by atoms with van der Waals surface area (Å²) < 4.78 is 7.33. The third-order valence-electron chi connectivity index (χ3n) is 3.91. The molecule has 0 aliphatic carbocycles. The molecule has 0 aliphatic rings. The summed E-state index contributed by atoms with van der Waals surface area (Å²) in [5.41, 5.74) is 3.83. The topological polar surface area (TPSA) is 72.4 Å². The molecule has 0 bridgehead atoms. The van der Waals surface area contributed by atoms with Crippen molar-refractivity contribution in [3.63, 3.8) is 0 Å². The van der Waals surface area contributed by atoms with Gasteiger partial charge in [-0.1, -0.05) is 42.1 Å². The van der Waals surface area contributed by atoms with Gasteiger partial charge < -0.3 is 9.73 Å². The van der Waals surface area contributed by atoms with E-state index in [4.69, 9.17) is 4.42 Å². The van der Waals surface area contributed by atoms with E-state index in [0.29, 0.717) is 17.3 Å². The van der Waals surface area contributed by atoms with Crippen LogP contribution in [0.5, 0.6) is 0 Å². The Hall–Kier alpha value is -2.80. The minimum atomic E-state index is -0.0139. The standard InChI is InChI=1S/C18H16N4O2S/c23-17(19-8-6-13-4-2-1-3-5-13)11-25-18-15-10-16-14(7-9-24-16)22(15)12-20-21-18/h1-5,7,9-10,12H,6,8,11H2,(H,19,23). The molecule has 1 aromatic carbocycles. The van der Waals surface area contributed by atoms with Crippen molar-refractivity contribution < 1.29 is 9.21 Å². The van der Waals surface area contributed by atoms with E-state index in [1.165, 1.54) is 17.3 Å². The second-order valence-electron chi connectivity index (χ2n) is 5.58. The molecule has 3 aromatic heterocycles. The molecule has 6 nitrogen and oxygen atoms in total. The van der Waals surface area contributed by atoms with Gasteiger partial charge in [0.05, 0.1) is 23.0 Å². The normalized spacial score (nSPS) is 11.2. The van der Waals surface area contributed by atoms with Gasteiger partial charge in [-0.15, -0.1) is 10.2 Å². The Labute approximate surface area is 148 Å². The maximum absolute atomic E-state index is 12.1. The molecule has 0 saturated carbocycles. The van der Waals surface area contributed by atoms with Crippen LogP contribution in [0.3, 0.4) is 0 Å². The van der Waals surface area contributed by atoms with E-state index in [2.05, 4.69) is 27.6 Å². The predicted octanol–water partition coefficient (Wildman–Crippen LogP) is 2.93. The Balaban J connectivity index is 1.36. The Morgan fingerprint density at radius 2 is 2.08 bits per heavy atom. The first-order chi connectivity index (χ1) is 12.3. The zero-order valence-corrected chi connectivity index (χ0v) is 14.2. The summed E-state index contributed by atoms with van der Waals surface area (Å²) >= 11 is 1.37. The van der Waals surface area contributed by atoms with Crippen LogP contribution in [-0.4, -0.2) is 32.8 Å². The summed E-state index contributed by atoms with van der Waals surface area (Å²) in [6, 6.07) is 13.9. The van der Waals surface area contributed by atoms with Crippen LogP contribution in [-0.2, 0) is 11.2 Å². The molecular weight excluding hydrogens is 336 g/mol. The maximum Gasteiger partial charge on any atom is 0.230 e. The predicted molar refractivity (Wildman–Crippen MR) is 96.6 cm³/mol. The second-order valence-corrected chi connectivity index (χ2v) is 6.54. The number of carbonyl (C=O) groups is 1. The third kappa shape index (κ3) is 3.36. The zero-order valence-electron chi connectivity index (χ0n) is 13.4. The van der Waals surface area contributed by atoms with Crippen molar-refractivity contribution in [2.75, 3.05) is 12.3 Å². The van der Waals surface area contributed by atoms with Crippen LogP contribution < -0.4 is 5.32 Å². The monoisotopic (exact) mass is 352 g/mol. The molecule has 0 unspecified atom stereocenters. The number of hydrogen-bond donors (Lipinski definition) is 1. The smallest absolute Gasteiger partial charge is 0.230 e. The van der Waals surface area contributed by atoms with Gasteiger partial charge in [0.2, 0.25) is 5.91 Å². The summed E-state index contributed by atoms with van der Waals surface area (Å²) in [6.45, 7) is 0.622. The molecule has 3 heterocycles. The molecule has 1 N–H and O–H groups in total. The maximum atomic E-state index is 12.1. The minimum absolute atomic E-state index is 0.0139. The summed E-state index contributed by atoms with van der Waals surface area (Å²) in [5.74, 6) is 0.287. The number of fused-ring (bicyclic) bond motifs is 3. The third-order valence-corrected chi connectivity index (χ3v) is 4.88. The first-order valence-corrected chi connectivity index (χ1v) is 8.93. The Kier molecular flexibility index (Phi) is 4.39. The van der Waals surface area contributed by atoms with Crippen LogP contribution in [0, 0.1) is 0 Å².